The van der Waals surface area contributed by atoms with E-state index in [0.717, 1.165) is 16.3 Å². The lowest BCUT2D eigenvalue weighted by atomic mass is 10.2. The summed E-state index contributed by atoms with van der Waals surface area (Å²) in [7, 11) is 0. The van der Waals surface area contributed by atoms with Crippen LogP contribution in [0.3, 0.4) is 0 Å². The fourth-order valence-corrected chi connectivity index (χ4v) is 0.651. The van der Waals surface area contributed by atoms with Gasteiger partial charge in [-0.2, -0.15) is 0 Å². The van der Waals surface area contributed by atoms with Gasteiger partial charge in [-0.1, -0.05) is 12.5 Å². The van der Waals surface area contributed by atoms with Crippen molar-refractivity contribution in [3.63, 3.8) is 0 Å². The molecule has 0 bridgehead atoms. The zero-order valence-electron chi connectivity index (χ0n) is 5.07. The monoisotopic (exact) mass is 224 g/mol. The first-order valence-corrected chi connectivity index (χ1v) is 3.60. The molecule has 46 valence electrons. The van der Waals surface area contributed by atoms with Gasteiger partial charge in [0.15, 0.2) is 6.29 Å². The molecule has 0 saturated carbocycles. The molecule has 0 aliphatic carbocycles. The second-order valence-corrected chi connectivity index (χ2v) is 2.76. The Labute approximate surface area is 63.3 Å². The molecule has 0 unspecified atom stereocenters. The molecular formula is C6H9IO. The summed E-state index contributed by atoms with van der Waals surface area (Å²) in [6.45, 7) is 4.01. The zero-order chi connectivity index (χ0) is 6.57. The van der Waals surface area contributed by atoms with Crippen molar-refractivity contribution >= 4 is 28.9 Å². The van der Waals surface area contributed by atoms with Gasteiger partial charge in [0.2, 0.25) is 0 Å². The van der Waals surface area contributed by atoms with Crippen LogP contribution in [0.5, 0.6) is 0 Å². The van der Waals surface area contributed by atoms with Gasteiger partial charge < -0.3 is 0 Å². The summed E-state index contributed by atoms with van der Waals surface area (Å²) in [6.07, 6.45) is 1.86. The first kappa shape index (κ1) is 8.14. The summed E-state index contributed by atoms with van der Waals surface area (Å²) in [4.78, 5) is 10.0. The summed E-state index contributed by atoms with van der Waals surface area (Å²) >= 11 is 2.04. The van der Waals surface area contributed by atoms with Crippen LogP contribution in [0.2, 0.25) is 0 Å². The highest BCUT2D eigenvalue weighted by molar-refractivity contribution is 14.1. The third kappa shape index (κ3) is 2.45. The van der Waals surface area contributed by atoms with Crippen molar-refractivity contribution in [2.45, 2.75) is 20.3 Å². The highest BCUT2D eigenvalue weighted by Gasteiger charge is 1.90. The van der Waals surface area contributed by atoms with E-state index in [4.69, 9.17) is 0 Å². The van der Waals surface area contributed by atoms with Crippen LogP contribution in [-0.4, -0.2) is 6.29 Å². The molecule has 0 aromatic rings. The van der Waals surface area contributed by atoms with E-state index in [2.05, 4.69) is 0 Å². The van der Waals surface area contributed by atoms with Crippen LogP contribution in [0.15, 0.2) is 9.15 Å². The van der Waals surface area contributed by atoms with Crippen molar-refractivity contribution in [3.8, 4) is 0 Å². The second-order valence-electron chi connectivity index (χ2n) is 1.60. The van der Waals surface area contributed by atoms with E-state index in [0.29, 0.717) is 0 Å². The average molecular weight is 224 g/mol. The van der Waals surface area contributed by atoms with Crippen LogP contribution in [0.4, 0.5) is 0 Å². The Bertz CT molecular complexity index is 116. The third-order valence-electron chi connectivity index (χ3n) is 1.04. The van der Waals surface area contributed by atoms with Crippen molar-refractivity contribution in [1.29, 1.82) is 0 Å². The van der Waals surface area contributed by atoms with Crippen LogP contribution >= 0.6 is 22.6 Å². The molecule has 0 aromatic heterocycles. The predicted molar refractivity (Wildman–Crippen MR) is 43.1 cm³/mol. The molecule has 0 rings (SSSR count). The molecule has 2 heteroatoms. The van der Waals surface area contributed by atoms with Crippen LogP contribution in [0, 0.1) is 0 Å². The molecule has 0 fully saturated rings. The lowest BCUT2D eigenvalue weighted by molar-refractivity contribution is -0.104. The van der Waals surface area contributed by atoms with Gasteiger partial charge in [0.25, 0.3) is 0 Å². The molecule has 0 N–H and O–H groups in total. The van der Waals surface area contributed by atoms with E-state index in [9.17, 15) is 4.79 Å². The second kappa shape index (κ2) is 4.06. The lowest BCUT2D eigenvalue weighted by Crippen LogP contribution is -1.78. The van der Waals surface area contributed by atoms with Crippen molar-refractivity contribution < 1.29 is 4.79 Å². The molecule has 0 saturated heterocycles. The van der Waals surface area contributed by atoms with Gasteiger partial charge in [-0.05, 0) is 35.9 Å². The first-order chi connectivity index (χ1) is 3.72. The lowest BCUT2D eigenvalue weighted by Gasteiger charge is -1.91. The van der Waals surface area contributed by atoms with Gasteiger partial charge in [0.1, 0.15) is 0 Å². The van der Waals surface area contributed by atoms with Crippen LogP contribution in [-0.2, 0) is 4.79 Å². The zero-order valence-corrected chi connectivity index (χ0v) is 7.23. The molecular weight excluding hydrogens is 215 g/mol. The number of carbonyl (C=O) groups is 1. The Morgan fingerprint density at radius 1 is 1.75 bits per heavy atom. The SMILES string of the molecule is CC/C(C)=C(/I)C=O. The number of carbonyl (C=O) groups excluding carboxylic acids is 1. The fraction of sp³-hybridized carbons (Fsp3) is 0.500. The average Bonchev–Trinajstić information content (AvgIpc) is 1.84. The van der Waals surface area contributed by atoms with Gasteiger partial charge in [0.05, 0.1) is 3.58 Å². The van der Waals surface area contributed by atoms with E-state index >= 15 is 0 Å². The van der Waals surface area contributed by atoms with Crippen molar-refractivity contribution in [3.05, 3.63) is 9.15 Å². The minimum absolute atomic E-state index is 0.838. The summed E-state index contributed by atoms with van der Waals surface area (Å²) in [5, 5.41) is 0. The van der Waals surface area contributed by atoms with E-state index in [1.165, 1.54) is 5.57 Å². The molecule has 0 aliphatic heterocycles. The topological polar surface area (TPSA) is 17.1 Å². The molecule has 0 aliphatic rings. The van der Waals surface area contributed by atoms with Gasteiger partial charge in [0, 0.05) is 0 Å². The quantitative estimate of drug-likeness (QED) is 0.399. The van der Waals surface area contributed by atoms with Gasteiger partial charge in [-0.25, -0.2) is 0 Å². The molecule has 1 nitrogen and oxygen atoms in total. The Balaban J connectivity index is 4.03. The highest BCUT2D eigenvalue weighted by atomic mass is 127. The summed E-state index contributed by atoms with van der Waals surface area (Å²) in [6, 6.07) is 0. The van der Waals surface area contributed by atoms with Gasteiger partial charge in [-0.15, -0.1) is 0 Å². The van der Waals surface area contributed by atoms with Gasteiger partial charge in [-0.3, -0.25) is 4.79 Å². The number of hydrogen-bond donors (Lipinski definition) is 0. The number of halogens is 1. The third-order valence-corrected chi connectivity index (χ3v) is 2.22. The molecule has 0 atom stereocenters. The summed E-state index contributed by atoms with van der Waals surface area (Å²) < 4.78 is 0.838. The number of rotatable bonds is 2. The first-order valence-electron chi connectivity index (χ1n) is 2.52. The molecule has 0 heterocycles. The maximum absolute atomic E-state index is 10.0. The smallest absolute Gasteiger partial charge is 0.156 e. The summed E-state index contributed by atoms with van der Waals surface area (Å²) in [5.41, 5.74) is 1.17. The fourth-order valence-electron chi connectivity index (χ4n) is 0.269. The van der Waals surface area contributed by atoms with Crippen LogP contribution in [0.1, 0.15) is 20.3 Å². The molecule has 0 aromatic carbocycles. The number of aldehydes is 1. The Hall–Kier alpha value is 0.140. The van der Waals surface area contributed by atoms with E-state index < -0.39 is 0 Å². The largest absolute Gasteiger partial charge is 0.297 e. The number of hydrogen-bond acceptors (Lipinski definition) is 1. The highest BCUT2D eigenvalue weighted by Crippen LogP contribution is 2.11. The van der Waals surface area contributed by atoms with E-state index in [1.807, 2.05) is 36.4 Å². The minimum atomic E-state index is 0.838. The van der Waals surface area contributed by atoms with Crippen LogP contribution < -0.4 is 0 Å². The maximum atomic E-state index is 10.0. The number of allylic oxidation sites excluding steroid dienone is 2. The Morgan fingerprint density at radius 2 is 2.25 bits per heavy atom. The minimum Gasteiger partial charge on any atom is -0.297 e. The standard InChI is InChI=1S/C6H9IO/c1-3-5(2)6(7)4-8/h4H,3H2,1-2H3/b6-5+. The molecule has 8 heavy (non-hydrogen) atoms. The van der Waals surface area contributed by atoms with Gasteiger partial charge >= 0.3 is 0 Å². The van der Waals surface area contributed by atoms with Crippen molar-refractivity contribution in [2.75, 3.05) is 0 Å². The predicted octanol–water partition coefficient (Wildman–Crippen LogP) is 2.30. The molecule has 0 amide bonds. The maximum Gasteiger partial charge on any atom is 0.156 e. The summed E-state index contributed by atoms with van der Waals surface area (Å²) in [5.74, 6) is 0. The van der Waals surface area contributed by atoms with Crippen molar-refractivity contribution in [2.24, 2.45) is 0 Å². The van der Waals surface area contributed by atoms with Crippen LogP contribution in [0.25, 0.3) is 0 Å². The molecule has 0 radical (unpaired) electrons. The van der Waals surface area contributed by atoms with Crippen molar-refractivity contribution in [1.82, 2.24) is 0 Å². The van der Waals surface area contributed by atoms with E-state index in [-0.39, 0.29) is 0 Å². The normalized spacial score (nSPS) is 12.9. The van der Waals surface area contributed by atoms with E-state index in [1.54, 1.807) is 0 Å². The Kier molecular flexibility index (Phi) is 4.13. The Morgan fingerprint density at radius 3 is 2.38 bits per heavy atom. The molecule has 0 spiro atoms.